The normalized spacial score (nSPS) is 11.8. The van der Waals surface area contributed by atoms with E-state index < -0.39 is 0 Å². The molecule has 1 atom stereocenters. The molecular formula is C17H19NO. The van der Waals surface area contributed by atoms with Gasteiger partial charge in [0.2, 0.25) is 6.41 Å². The van der Waals surface area contributed by atoms with Gasteiger partial charge in [0.15, 0.2) is 0 Å². The third kappa shape index (κ3) is 3.95. The Morgan fingerprint density at radius 1 is 1.00 bits per heavy atom. The molecule has 0 aromatic heterocycles. The fourth-order valence-corrected chi connectivity index (χ4v) is 2.20. The molecular weight excluding hydrogens is 234 g/mol. The van der Waals surface area contributed by atoms with Crippen LogP contribution in [0.2, 0.25) is 0 Å². The van der Waals surface area contributed by atoms with Crippen LogP contribution in [-0.2, 0) is 11.3 Å². The van der Waals surface area contributed by atoms with Crippen molar-refractivity contribution in [3.8, 4) is 0 Å². The summed E-state index contributed by atoms with van der Waals surface area (Å²) in [5.41, 5.74) is 2.43. The van der Waals surface area contributed by atoms with Gasteiger partial charge < -0.3 is 4.90 Å². The van der Waals surface area contributed by atoms with E-state index in [1.807, 2.05) is 53.4 Å². The molecule has 2 aromatic rings. The molecule has 1 unspecified atom stereocenters. The van der Waals surface area contributed by atoms with Crippen molar-refractivity contribution in [1.82, 2.24) is 4.90 Å². The number of hydrogen-bond donors (Lipinski definition) is 0. The fraction of sp³-hybridized carbons (Fsp3) is 0.235. The maximum absolute atomic E-state index is 11.2. The van der Waals surface area contributed by atoms with Crippen LogP contribution in [0, 0.1) is 0 Å². The topological polar surface area (TPSA) is 20.3 Å². The number of nitrogens with zero attached hydrogens (tertiary/aromatic N) is 1. The van der Waals surface area contributed by atoms with Gasteiger partial charge in [0.1, 0.15) is 0 Å². The molecule has 0 saturated carbocycles. The highest BCUT2D eigenvalue weighted by Crippen LogP contribution is 2.16. The first-order chi connectivity index (χ1) is 9.29. The zero-order valence-corrected chi connectivity index (χ0v) is 11.2. The van der Waals surface area contributed by atoms with Gasteiger partial charge in [-0.1, -0.05) is 67.6 Å². The third-order valence-electron chi connectivity index (χ3n) is 3.25. The van der Waals surface area contributed by atoms with E-state index in [1.165, 1.54) is 5.56 Å². The molecule has 0 aliphatic heterocycles. The molecule has 2 heteroatoms. The van der Waals surface area contributed by atoms with E-state index in [0.717, 1.165) is 18.5 Å². The van der Waals surface area contributed by atoms with Gasteiger partial charge in [-0.2, -0.15) is 0 Å². The molecule has 0 N–H and O–H groups in total. The van der Waals surface area contributed by atoms with Crippen molar-refractivity contribution in [2.75, 3.05) is 6.54 Å². The van der Waals surface area contributed by atoms with E-state index in [2.05, 4.69) is 19.1 Å². The Morgan fingerprint density at radius 3 is 2.16 bits per heavy atom. The first-order valence-corrected chi connectivity index (χ1v) is 6.58. The standard InChI is InChI=1S/C17H19NO/c1-15(17-10-6-3-7-11-17)12-18(14-19)13-16-8-4-2-5-9-16/h2-11,14-15H,12-13H2,1H3. The molecule has 0 radical (unpaired) electrons. The third-order valence-corrected chi connectivity index (χ3v) is 3.25. The molecule has 1 amide bonds. The summed E-state index contributed by atoms with van der Waals surface area (Å²) in [6.45, 7) is 3.56. The largest absolute Gasteiger partial charge is 0.340 e. The quantitative estimate of drug-likeness (QED) is 0.722. The Morgan fingerprint density at radius 2 is 1.58 bits per heavy atom. The summed E-state index contributed by atoms with van der Waals surface area (Å²) >= 11 is 0. The fourth-order valence-electron chi connectivity index (χ4n) is 2.20. The molecule has 19 heavy (non-hydrogen) atoms. The van der Waals surface area contributed by atoms with Gasteiger partial charge in [0.05, 0.1) is 0 Å². The van der Waals surface area contributed by atoms with Crippen molar-refractivity contribution in [3.05, 3.63) is 71.8 Å². The van der Waals surface area contributed by atoms with Crippen LogP contribution in [0.15, 0.2) is 60.7 Å². The van der Waals surface area contributed by atoms with E-state index in [9.17, 15) is 4.79 Å². The molecule has 0 fully saturated rings. The predicted molar refractivity (Wildman–Crippen MR) is 77.8 cm³/mol. The molecule has 0 aliphatic carbocycles. The van der Waals surface area contributed by atoms with Crippen molar-refractivity contribution in [1.29, 1.82) is 0 Å². The van der Waals surface area contributed by atoms with Crippen LogP contribution in [0.4, 0.5) is 0 Å². The highest BCUT2D eigenvalue weighted by atomic mass is 16.1. The Labute approximate surface area is 114 Å². The Bertz CT molecular complexity index is 495. The number of benzene rings is 2. The minimum Gasteiger partial charge on any atom is -0.340 e. The van der Waals surface area contributed by atoms with Crippen molar-refractivity contribution < 1.29 is 4.79 Å². The molecule has 2 nitrogen and oxygen atoms in total. The number of rotatable bonds is 6. The summed E-state index contributed by atoms with van der Waals surface area (Å²) in [5.74, 6) is 0.343. The van der Waals surface area contributed by atoms with E-state index >= 15 is 0 Å². The first kappa shape index (κ1) is 13.3. The van der Waals surface area contributed by atoms with Gasteiger partial charge in [0.25, 0.3) is 0 Å². The minimum atomic E-state index is 0.343. The van der Waals surface area contributed by atoms with Crippen molar-refractivity contribution in [2.45, 2.75) is 19.4 Å². The van der Waals surface area contributed by atoms with Crippen LogP contribution in [-0.4, -0.2) is 17.9 Å². The zero-order valence-electron chi connectivity index (χ0n) is 11.2. The molecule has 98 valence electrons. The lowest BCUT2D eigenvalue weighted by atomic mass is 10.0. The summed E-state index contributed by atoms with van der Waals surface area (Å²) in [6.07, 6.45) is 0.937. The van der Waals surface area contributed by atoms with Crippen molar-refractivity contribution >= 4 is 6.41 Å². The molecule has 0 spiro atoms. The highest BCUT2D eigenvalue weighted by Gasteiger charge is 2.10. The van der Waals surface area contributed by atoms with E-state index in [1.54, 1.807) is 0 Å². The lowest BCUT2D eigenvalue weighted by Gasteiger charge is -2.22. The number of carbonyl (C=O) groups excluding carboxylic acids is 1. The van der Waals surface area contributed by atoms with Gasteiger partial charge in [-0.05, 0) is 17.0 Å². The molecule has 2 rings (SSSR count). The van der Waals surface area contributed by atoms with Crippen molar-refractivity contribution in [2.24, 2.45) is 0 Å². The van der Waals surface area contributed by atoms with Gasteiger partial charge in [-0.15, -0.1) is 0 Å². The predicted octanol–water partition coefficient (Wildman–Crippen LogP) is 3.45. The van der Waals surface area contributed by atoms with Crippen LogP contribution in [0.5, 0.6) is 0 Å². The average Bonchev–Trinajstić information content (AvgIpc) is 2.48. The van der Waals surface area contributed by atoms with E-state index in [0.29, 0.717) is 12.5 Å². The van der Waals surface area contributed by atoms with Crippen LogP contribution >= 0.6 is 0 Å². The maximum atomic E-state index is 11.2. The Hall–Kier alpha value is -2.09. The van der Waals surface area contributed by atoms with E-state index in [-0.39, 0.29) is 0 Å². The summed E-state index contributed by atoms with van der Waals surface area (Å²) in [7, 11) is 0. The molecule has 0 bridgehead atoms. The average molecular weight is 253 g/mol. The SMILES string of the molecule is CC(CN(C=O)Cc1ccccc1)c1ccccc1. The number of carbonyl (C=O) groups is 1. The van der Waals surface area contributed by atoms with Gasteiger partial charge in [-0.25, -0.2) is 0 Å². The second kappa shape index (κ2) is 6.74. The zero-order chi connectivity index (χ0) is 13.5. The summed E-state index contributed by atoms with van der Waals surface area (Å²) in [4.78, 5) is 13.0. The smallest absolute Gasteiger partial charge is 0.210 e. The number of amides is 1. The molecule has 2 aromatic carbocycles. The molecule has 0 aliphatic rings. The van der Waals surface area contributed by atoms with Gasteiger partial charge in [0, 0.05) is 13.1 Å². The Kier molecular flexibility index (Phi) is 4.73. The van der Waals surface area contributed by atoms with Gasteiger partial charge in [-0.3, -0.25) is 4.79 Å². The molecule has 0 heterocycles. The lowest BCUT2D eigenvalue weighted by molar-refractivity contribution is -0.118. The monoisotopic (exact) mass is 253 g/mol. The maximum Gasteiger partial charge on any atom is 0.210 e. The van der Waals surface area contributed by atoms with Gasteiger partial charge >= 0.3 is 0 Å². The van der Waals surface area contributed by atoms with Crippen molar-refractivity contribution in [3.63, 3.8) is 0 Å². The lowest BCUT2D eigenvalue weighted by Crippen LogP contribution is -2.26. The van der Waals surface area contributed by atoms with Crippen LogP contribution < -0.4 is 0 Å². The summed E-state index contributed by atoms with van der Waals surface area (Å²) < 4.78 is 0. The second-order valence-electron chi connectivity index (χ2n) is 4.83. The Balaban J connectivity index is 1.98. The second-order valence-corrected chi connectivity index (χ2v) is 4.83. The van der Waals surface area contributed by atoms with E-state index in [4.69, 9.17) is 0 Å². The first-order valence-electron chi connectivity index (χ1n) is 6.58. The summed E-state index contributed by atoms with van der Waals surface area (Å²) in [5, 5.41) is 0. The molecule has 0 saturated heterocycles. The van der Waals surface area contributed by atoms with Crippen LogP contribution in [0.25, 0.3) is 0 Å². The van der Waals surface area contributed by atoms with Crippen LogP contribution in [0.3, 0.4) is 0 Å². The number of hydrogen-bond acceptors (Lipinski definition) is 1. The summed E-state index contributed by atoms with van der Waals surface area (Å²) in [6, 6.07) is 20.4. The highest BCUT2D eigenvalue weighted by molar-refractivity contribution is 5.47. The minimum absolute atomic E-state index is 0.343. The van der Waals surface area contributed by atoms with Crippen LogP contribution in [0.1, 0.15) is 24.0 Å².